The summed E-state index contributed by atoms with van der Waals surface area (Å²) in [6.07, 6.45) is 3.80. The van der Waals surface area contributed by atoms with Crippen LogP contribution in [0.2, 0.25) is 0 Å². The van der Waals surface area contributed by atoms with E-state index in [1.54, 1.807) is 6.07 Å². The molecule has 1 saturated carbocycles. The van der Waals surface area contributed by atoms with Crippen LogP contribution in [0.15, 0.2) is 12.1 Å². The Morgan fingerprint density at radius 3 is 2.53 bits per heavy atom. The summed E-state index contributed by atoms with van der Waals surface area (Å²) < 4.78 is 27.7. The van der Waals surface area contributed by atoms with Gasteiger partial charge < -0.3 is 5.11 Å². The summed E-state index contributed by atoms with van der Waals surface area (Å²) in [5.41, 5.74) is 0.471. The maximum Gasteiger partial charge on any atom is 0.307 e. The molecule has 104 valence electrons. The first kappa shape index (κ1) is 14.0. The molecule has 2 nitrogen and oxygen atoms in total. The second kappa shape index (κ2) is 5.68. The quantitative estimate of drug-likeness (QED) is 0.822. The molecule has 0 aromatic heterocycles. The monoisotopic (exact) mass is 268 g/mol. The van der Waals surface area contributed by atoms with Gasteiger partial charge in [0.2, 0.25) is 0 Å². The molecule has 2 atom stereocenters. The zero-order chi connectivity index (χ0) is 14.0. The largest absolute Gasteiger partial charge is 0.481 e. The molecule has 1 N–H and O–H groups in total. The van der Waals surface area contributed by atoms with Crippen LogP contribution in [0, 0.1) is 24.5 Å². The molecule has 1 fully saturated rings. The average molecular weight is 268 g/mol. The van der Waals surface area contributed by atoms with Gasteiger partial charge in [-0.1, -0.05) is 31.4 Å². The minimum absolute atomic E-state index is 0.220. The lowest BCUT2D eigenvalue weighted by atomic mass is 9.82. The number of carboxylic acid groups (broad SMARTS) is 1. The van der Waals surface area contributed by atoms with E-state index in [-0.39, 0.29) is 11.1 Å². The second-order valence-corrected chi connectivity index (χ2v) is 5.29. The number of carbonyl (C=O) groups is 1. The highest BCUT2D eigenvalue weighted by Crippen LogP contribution is 2.38. The first-order valence-electron chi connectivity index (χ1n) is 6.69. The number of aryl methyl sites for hydroxylation is 1. The Hall–Kier alpha value is -1.45. The molecule has 1 aliphatic carbocycles. The summed E-state index contributed by atoms with van der Waals surface area (Å²) in [6, 6.07) is 3.07. The van der Waals surface area contributed by atoms with Crippen LogP contribution < -0.4 is 0 Å². The minimum atomic E-state index is -0.910. The van der Waals surface area contributed by atoms with Crippen LogP contribution in [0.4, 0.5) is 8.78 Å². The molecule has 1 aromatic rings. The number of hydrogen-bond donors (Lipinski definition) is 1. The highest BCUT2D eigenvalue weighted by atomic mass is 19.2. The Kier molecular flexibility index (Phi) is 4.17. The van der Waals surface area contributed by atoms with Gasteiger partial charge in [-0.15, -0.1) is 0 Å². The molecule has 0 heterocycles. The lowest BCUT2D eigenvalue weighted by molar-refractivity contribution is -0.142. The summed E-state index contributed by atoms with van der Waals surface area (Å²) in [4.78, 5) is 11.3. The van der Waals surface area contributed by atoms with Crippen LogP contribution in [0.5, 0.6) is 0 Å². The summed E-state index contributed by atoms with van der Waals surface area (Å²) in [6.45, 7) is 1.50. The van der Waals surface area contributed by atoms with Gasteiger partial charge in [-0.25, -0.2) is 8.78 Å². The van der Waals surface area contributed by atoms with Crippen molar-refractivity contribution in [2.24, 2.45) is 5.92 Å². The van der Waals surface area contributed by atoms with Crippen molar-refractivity contribution in [3.8, 4) is 0 Å². The van der Waals surface area contributed by atoms with Crippen molar-refractivity contribution in [2.75, 3.05) is 0 Å². The number of carboxylic acids is 1. The number of aliphatic carboxylic acids is 1. The zero-order valence-electron chi connectivity index (χ0n) is 11.0. The number of hydrogen-bond acceptors (Lipinski definition) is 1. The molecule has 2 rings (SSSR count). The predicted octanol–water partition coefficient (Wildman–Crippen LogP) is 4.02. The average Bonchev–Trinajstić information content (AvgIpc) is 2.62. The van der Waals surface area contributed by atoms with E-state index in [2.05, 4.69) is 0 Å². The van der Waals surface area contributed by atoms with Gasteiger partial charge in [0.15, 0.2) is 11.6 Å². The lowest BCUT2D eigenvalue weighted by Gasteiger charge is -2.22. The van der Waals surface area contributed by atoms with E-state index in [0.717, 1.165) is 19.3 Å². The fourth-order valence-corrected chi connectivity index (χ4v) is 2.92. The van der Waals surface area contributed by atoms with Crippen LogP contribution in [0.3, 0.4) is 0 Å². The van der Waals surface area contributed by atoms with Gasteiger partial charge in [0.1, 0.15) is 0 Å². The molecule has 0 aliphatic heterocycles. The van der Waals surface area contributed by atoms with Crippen LogP contribution >= 0.6 is 0 Å². The third-order valence-corrected chi connectivity index (χ3v) is 4.04. The molecule has 2 unspecified atom stereocenters. The molecule has 0 radical (unpaired) electrons. The fourth-order valence-electron chi connectivity index (χ4n) is 2.92. The molecule has 0 bridgehead atoms. The highest BCUT2D eigenvalue weighted by molar-refractivity contribution is 5.71. The topological polar surface area (TPSA) is 37.3 Å². The van der Waals surface area contributed by atoms with Gasteiger partial charge >= 0.3 is 5.97 Å². The smallest absolute Gasteiger partial charge is 0.307 e. The Morgan fingerprint density at radius 1 is 1.16 bits per heavy atom. The van der Waals surface area contributed by atoms with Crippen LogP contribution in [0.1, 0.15) is 49.1 Å². The SMILES string of the molecule is Cc1ccc(C2CCCCCC2C(=O)O)c(F)c1F. The molecule has 0 amide bonds. The van der Waals surface area contributed by atoms with E-state index in [9.17, 15) is 18.7 Å². The van der Waals surface area contributed by atoms with Crippen molar-refractivity contribution in [1.82, 2.24) is 0 Å². The Balaban J connectivity index is 2.42. The minimum Gasteiger partial charge on any atom is -0.481 e. The van der Waals surface area contributed by atoms with Crippen LogP contribution in [-0.2, 0) is 4.79 Å². The van der Waals surface area contributed by atoms with E-state index in [0.29, 0.717) is 12.8 Å². The third-order valence-electron chi connectivity index (χ3n) is 4.04. The van der Waals surface area contributed by atoms with Gasteiger partial charge in [-0.3, -0.25) is 4.79 Å². The molecule has 4 heteroatoms. The van der Waals surface area contributed by atoms with Gasteiger partial charge in [-0.2, -0.15) is 0 Å². The summed E-state index contributed by atoms with van der Waals surface area (Å²) >= 11 is 0. The maximum atomic E-state index is 14.0. The molecule has 1 aromatic carbocycles. The van der Waals surface area contributed by atoms with Gasteiger partial charge in [0.25, 0.3) is 0 Å². The normalized spacial score (nSPS) is 23.9. The Bertz CT molecular complexity index is 485. The molecule has 1 aliphatic rings. The molecule has 19 heavy (non-hydrogen) atoms. The van der Waals surface area contributed by atoms with Crippen LogP contribution in [0.25, 0.3) is 0 Å². The standard InChI is InChI=1S/C15H18F2O2/c1-9-7-8-11(14(17)13(9)16)10-5-3-2-4-6-12(10)15(18)19/h7-8,10,12H,2-6H2,1H3,(H,18,19). The van der Waals surface area contributed by atoms with Crippen molar-refractivity contribution in [3.63, 3.8) is 0 Å². The van der Waals surface area contributed by atoms with Gasteiger partial charge in [0.05, 0.1) is 5.92 Å². The van der Waals surface area contributed by atoms with Crippen molar-refractivity contribution in [3.05, 3.63) is 34.9 Å². The zero-order valence-corrected chi connectivity index (χ0v) is 11.0. The summed E-state index contributed by atoms with van der Waals surface area (Å²) in [7, 11) is 0. The van der Waals surface area contributed by atoms with Crippen LogP contribution in [-0.4, -0.2) is 11.1 Å². The second-order valence-electron chi connectivity index (χ2n) is 5.29. The number of halogens is 2. The fraction of sp³-hybridized carbons (Fsp3) is 0.533. The van der Waals surface area contributed by atoms with E-state index in [4.69, 9.17) is 0 Å². The maximum absolute atomic E-state index is 14.0. The molecular weight excluding hydrogens is 250 g/mol. The first-order chi connectivity index (χ1) is 9.02. The molecule has 0 spiro atoms. The Labute approximate surface area is 111 Å². The number of rotatable bonds is 2. The summed E-state index contributed by atoms with van der Waals surface area (Å²) in [5.74, 6) is -3.68. The molecule has 0 saturated heterocycles. The van der Waals surface area contributed by atoms with Crippen molar-refractivity contribution in [1.29, 1.82) is 0 Å². The predicted molar refractivity (Wildman–Crippen MR) is 68.0 cm³/mol. The first-order valence-corrected chi connectivity index (χ1v) is 6.69. The van der Waals surface area contributed by atoms with E-state index < -0.39 is 29.4 Å². The summed E-state index contributed by atoms with van der Waals surface area (Å²) in [5, 5.41) is 9.29. The van der Waals surface area contributed by atoms with E-state index in [1.807, 2.05) is 0 Å². The number of benzene rings is 1. The Morgan fingerprint density at radius 2 is 1.84 bits per heavy atom. The van der Waals surface area contributed by atoms with Gasteiger partial charge in [-0.05, 0) is 30.9 Å². The molecular formula is C15H18F2O2. The third kappa shape index (κ3) is 2.77. The van der Waals surface area contributed by atoms with E-state index in [1.165, 1.54) is 13.0 Å². The van der Waals surface area contributed by atoms with Gasteiger partial charge in [0, 0.05) is 5.92 Å². The van der Waals surface area contributed by atoms with Crippen molar-refractivity contribution >= 4 is 5.97 Å². The highest BCUT2D eigenvalue weighted by Gasteiger charge is 2.33. The van der Waals surface area contributed by atoms with Crippen molar-refractivity contribution in [2.45, 2.75) is 44.9 Å². The lowest BCUT2D eigenvalue weighted by Crippen LogP contribution is -2.22. The van der Waals surface area contributed by atoms with Crippen molar-refractivity contribution < 1.29 is 18.7 Å². The van der Waals surface area contributed by atoms with E-state index >= 15 is 0 Å².